The van der Waals surface area contributed by atoms with Crippen LogP contribution in [-0.2, 0) is 0 Å². The molecule has 0 unspecified atom stereocenters. The summed E-state index contributed by atoms with van der Waals surface area (Å²) < 4.78 is 0. The number of aromatic nitrogens is 1. The molecule has 0 saturated heterocycles. The average Bonchev–Trinajstić information content (AvgIpc) is 2.72. The van der Waals surface area contributed by atoms with Gasteiger partial charge in [0.1, 0.15) is 5.69 Å². The number of pyridine rings is 1. The minimum absolute atomic E-state index is 0.218. The fourth-order valence-electron chi connectivity index (χ4n) is 3.05. The lowest BCUT2D eigenvalue weighted by molar-refractivity contribution is 0.102. The molecule has 3 rings (SSSR count). The van der Waals surface area contributed by atoms with Gasteiger partial charge in [-0.3, -0.25) is 4.79 Å². The van der Waals surface area contributed by atoms with Crippen LogP contribution in [0.4, 0.5) is 22.7 Å². The normalized spacial score (nSPS) is 10.4. The van der Waals surface area contributed by atoms with Gasteiger partial charge in [-0.25, -0.2) is 4.98 Å². The predicted molar refractivity (Wildman–Crippen MR) is 117 cm³/mol. The lowest BCUT2D eigenvalue weighted by Crippen LogP contribution is -2.22. The number of para-hydroxylation sites is 1. The maximum atomic E-state index is 12.6. The van der Waals surface area contributed by atoms with E-state index in [2.05, 4.69) is 40.4 Å². The Morgan fingerprint density at radius 2 is 1.71 bits per heavy atom. The Labute approximate surface area is 166 Å². The van der Waals surface area contributed by atoms with Gasteiger partial charge >= 0.3 is 0 Å². The molecule has 0 saturated carbocycles. The predicted octanol–water partition coefficient (Wildman–Crippen LogP) is 5.23. The smallest absolute Gasteiger partial charge is 0.274 e. The van der Waals surface area contributed by atoms with Crippen LogP contribution in [0.3, 0.4) is 0 Å². The number of hydrogen-bond acceptors (Lipinski definition) is 4. The Hall–Kier alpha value is -3.34. The van der Waals surface area contributed by atoms with Crippen molar-refractivity contribution in [3.63, 3.8) is 0 Å². The third-order valence-electron chi connectivity index (χ3n) is 4.65. The Morgan fingerprint density at radius 3 is 2.32 bits per heavy atom. The van der Waals surface area contributed by atoms with Crippen LogP contribution in [0.1, 0.15) is 29.9 Å². The summed E-state index contributed by atoms with van der Waals surface area (Å²) in [6, 6.07) is 19.5. The van der Waals surface area contributed by atoms with Crippen LogP contribution in [0.25, 0.3) is 0 Å². The van der Waals surface area contributed by atoms with E-state index in [9.17, 15) is 4.79 Å². The summed E-state index contributed by atoms with van der Waals surface area (Å²) in [6.45, 7) is 8.18. The van der Waals surface area contributed by atoms with Crippen molar-refractivity contribution in [3.05, 3.63) is 78.1 Å². The summed E-state index contributed by atoms with van der Waals surface area (Å²) in [5, 5.41) is 6.22. The van der Waals surface area contributed by atoms with Crippen LogP contribution >= 0.6 is 0 Å². The summed E-state index contributed by atoms with van der Waals surface area (Å²) in [7, 11) is 0. The molecule has 5 nitrogen and oxygen atoms in total. The monoisotopic (exact) mass is 374 g/mol. The van der Waals surface area contributed by atoms with E-state index in [-0.39, 0.29) is 5.91 Å². The molecule has 0 aliphatic rings. The number of aryl methyl sites for hydroxylation is 1. The van der Waals surface area contributed by atoms with Crippen molar-refractivity contribution < 1.29 is 4.79 Å². The van der Waals surface area contributed by atoms with Gasteiger partial charge in [0.2, 0.25) is 0 Å². The van der Waals surface area contributed by atoms with Gasteiger partial charge in [-0.15, -0.1) is 0 Å². The number of anilines is 4. The molecule has 0 radical (unpaired) electrons. The van der Waals surface area contributed by atoms with Gasteiger partial charge < -0.3 is 15.5 Å². The van der Waals surface area contributed by atoms with Gasteiger partial charge in [0.05, 0.1) is 11.9 Å². The van der Waals surface area contributed by atoms with Gasteiger partial charge in [-0.05, 0) is 68.8 Å². The van der Waals surface area contributed by atoms with E-state index in [0.717, 1.165) is 41.4 Å². The highest BCUT2D eigenvalue weighted by Crippen LogP contribution is 2.23. The van der Waals surface area contributed by atoms with Crippen LogP contribution in [0.2, 0.25) is 0 Å². The first-order valence-corrected chi connectivity index (χ1v) is 9.55. The molecule has 0 spiro atoms. The zero-order valence-corrected chi connectivity index (χ0v) is 16.6. The topological polar surface area (TPSA) is 57.3 Å². The third kappa shape index (κ3) is 4.68. The largest absolute Gasteiger partial charge is 0.372 e. The first-order valence-electron chi connectivity index (χ1n) is 9.55. The Kier molecular flexibility index (Phi) is 6.27. The summed E-state index contributed by atoms with van der Waals surface area (Å²) in [5.41, 5.74) is 5.18. The van der Waals surface area contributed by atoms with Crippen molar-refractivity contribution in [2.75, 3.05) is 28.6 Å². The molecule has 2 aromatic carbocycles. The maximum absolute atomic E-state index is 12.6. The molecule has 28 heavy (non-hydrogen) atoms. The summed E-state index contributed by atoms with van der Waals surface area (Å²) in [6.07, 6.45) is 1.66. The number of nitrogens with one attached hydrogen (secondary N) is 2. The second kappa shape index (κ2) is 9.04. The Bertz CT molecular complexity index is 919. The number of carbonyl (C=O) groups excluding carboxylic acids is 1. The molecular formula is C23H26N4O. The molecule has 1 heterocycles. The number of carbonyl (C=O) groups is 1. The van der Waals surface area contributed by atoms with E-state index in [4.69, 9.17) is 0 Å². The fraction of sp³-hybridized carbons (Fsp3) is 0.217. The quantitative estimate of drug-likeness (QED) is 0.594. The first kappa shape index (κ1) is 19.4. The van der Waals surface area contributed by atoms with Gasteiger partial charge in [0.25, 0.3) is 5.91 Å². The maximum Gasteiger partial charge on any atom is 0.274 e. The van der Waals surface area contributed by atoms with Gasteiger partial charge in [0, 0.05) is 30.2 Å². The second-order valence-electron chi connectivity index (χ2n) is 6.55. The van der Waals surface area contributed by atoms with Gasteiger partial charge in [-0.1, -0.05) is 18.2 Å². The molecule has 3 aromatic rings. The third-order valence-corrected chi connectivity index (χ3v) is 4.65. The van der Waals surface area contributed by atoms with E-state index in [1.165, 1.54) is 0 Å². The van der Waals surface area contributed by atoms with E-state index < -0.39 is 0 Å². The zero-order chi connectivity index (χ0) is 19.9. The number of nitrogens with zero attached hydrogens (tertiary/aromatic N) is 2. The van der Waals surface area contributed by atoms with E-state index in [0.29, 0.717) is 5.69 Å². The zero-order valence-electron chi connectivity index (χ0n) is 16.6. The highest BCUT2D eigenvalue weighted by Gasteiger charge is 2.11. The van der Waals surface area contributed by atoms with Crippen LogP contribution in [-0.4, -0.2) is 24.0 Å². The number of amides is 1. The minimum Gasteiger partial charge on any atom is -0.372 e. The standard InChI is InChI=1S/C23H26N4O/c1-4-27(5-2)20-12-14-21(17(3)15-20)26-23(28)22-13-11-19(16-24-22)25-18-9-7-6-8-10-18/h6-16,25H,4-5H2,1-3H3,(H,26,28). The summed E-state index contributed by atoms with van der Waals surface area (Å²) >= 11 is 0. The lowest BCUT2D eigenvalue weighted by Gasteiger charge is -2.22. The lowest BCUT2D eigenvalue weighted by atomic mass is 10.1. The van der Waals surface area contributed by atoms with Crippen LogP contribution in [0, 0.1) is 6.92 Å². The van der Waals surface area contributed by atoms with Crippen molar-refractivity contribution in [1.82, 2.24) is 4.98 Å². The number of benzene rings is 2. The molecule has 0 aliphatic carbocycles. The molecule has 0 atom stereocenters. The second-order valence-corrected chi connectivity index (χ2v) is 6.55. The van der Waals surface area contributed by atoms with Crippen LogP contribution in [0.5, 0.6) is 0 Å². The molecule has 0 fully saturated rings. The highest BCUT2D eigenvalue weighted by molar-refractivity contribution is 6.03. The minimum atomic E-state index is -0.218. The molecular weight excluding hydrogens is 348 g/mol. The molecule has 1 aromatic heterocycles. The van der Waals surface area contributed by atoms with Crippen molar-refractivity contribution in [3.8, 4) is 0 Å². The van der Waals surface area contributed by atoms with Crippen molar-refractivity contribution in [2.45, 2.75) is 20.8 Å². The molecule has 0 bridgehead atoms. The van der Waals surface area contributed by atoms with Crippen molar-refractivity contribution >= 4 is 28.7 Å². The SMILES string of the molecule is CCN(CC)c1ccc(NC(=O)c2ccc(Nc3ccccc3)cn2)c(C)c1. The van der Waals surface area contributed by atoms with Gasteiger partial charge in [-0.2, -0.15) is 0 Å². The average molecular weight is 374 g/mol. The van der Waals surface area contributed by atoms with Gasteiger partial charge in [0.15, 0.2) is 0 Å². The Balaban J connectivity index is 1.67. The van der Waals surface area contributed by atoms with Crippen LogP contribution < -0.4 is 15.5 Å². The highest BCUT2D eigenvalue weighted by atomic mass is 16.1. The van der Waals surface area contributed by atoms with Crippen LogP contribution in [0.15, 0.2) is 66.9 Å². The van der Waals surface area contributed by atoms with Crippen molar-refractivity contribution in [1.29, 1.82) is 0 Å². The van der Waals surface area contributed by atoms with Crippen molar-refractivity contribution in [2.24, 2.45) is 0 Å². The molecule has 144 valence electrons. The molecule has 2 N–H and O–H groups in total. The summed E-state index contributed by atoms with van der Waals surface area (Å²) in [4.78, 5) is 19.1. The van der Waals surface area contributed by atoms with E-state index in [1.54, 1.807) is 12.3 Å². The van der Waals surface area contributed by atoms with E-state index in [1.807, 2.05) is 55.5 Å². The number of hydrogen-bond donors (Lipinski definition) is 2. The Morgan fingerprint density at radius 1 is 0.964 bits per heavy atom. The summed E-state index contributed by atoms with van der Waals surface area (Å²) in [5.74, 6) is -0.218. The molecule has 0 aliphatic heterocycles. The fourth-order valence-corrected chi connectivity index (χ4v) is 3.05. The molecule has 5 heteroatoms. The van der Waals surface area contributed by atoms with E-state index >= 15 is 0 Å². The number of rotatable bonds is 7. The molecule has 1 amide bonds. The first-order chi connectivity index (χ1) is 13.6.